The molecule has 0 saturated heterocycles. The van der Waals surface area contributed by atoms with E-state index in [1.165, 1.54) is 34.9 Å². The van der Waals surface area contributed by atoms with Crippen LogP contribution in [0.2, 0.25) is 0 Å². The van der Waals surface area contributed by atoms with Gasteiger partial charge < -0.3 is 16.2 Å². The summed E-state index contributed by atoms with van der Waals surface area (Å²) in [6.45, 7) is -1.28. The van der Waals surface area contributed by atoms with Crippen LogP contribution < -0.4 is 16.2 Å². The fraction of sp³-hybridized carbons (Fsp3) is 0.100. The van der Waals surface area contributed by atoms with Crippen LogP contribution >= 0.6 is 0 Å². The number of nitrogens with zero attached hydrogens (tertiary/aromatic N) is 3. The quantitative estimate of drug-likeness (QED) is 0.479. The SMILES string of the molecule is Cc1nc2cc(F)c(F)cc2n1-c1cc(N)c(-c2ccc(OC(F)F)cc2)c(N)n1. The third-order valence-corrected chi connectivity index (χ3v) is 4.53. The van der Waals surface area contributed by atoms with Gasteiger partial charge in [0, 0.05) is 29.4 Å². The molecule has 0 unspecified atom stereocenters. The number of anilines is 2. The molecule has 154 valence electrons. The minimum absolute atomic E-state index is 0.00904. The molecule has 0 bridgehead atoms. The van der Waals surface area contributed by atoms with Crippen molar-refractivity contribution in [2.24, 2.45) is 0 Å². The second-order valence-corrected chi connectivity index (χ2v) is 6.48. The summed E-state index contributed by atoms with van der Waals surface area (Å²) in [5, 5.41) is 0. The Balaban J connectivity index is 1.80. The number of pyridine rings is 1. The van der Waals surface area contributed by atoms with E-state index in [0.717, 1.165) is 12.1 Å². The lowest BCUT2D eigenvalue weighted by Crippen LogP contribution is -2.07. The summed E-state index contributed by atoms with van der Waals surface area (Å²) < 4.78 is 57.8. The van der Waals surface area contributed by atoms with E-state index in [1.54, 1.807) is 6.92 Å². The van der Waals surface area contributed by atoms with E-state index in [1.807, 2.05) is 0 Å². The Kier molecular flexibility index (Phi) is 4.69. The number of hydrogen-bond acceptors (Lipinski definition) is 5. The molecule has 0 aliphatic rings. The van der Waals surface area contributed by atoms with Crippen molar-refractivity contribution in [2.75, 3.05) is 11.5 Å². The van der Waals surface area contributed by atoms with Crippen molar-refractivity contribution in [2.45, 2.75) is 13.5 Å². The molecular formula is C20H15F4N5O. The van der Waals surface area contributed by atoms with Gasteiger partial charge in [-0.1, -0.05) is 12.1 Å². The molecule has 0 spiro atoms. The monoisotopic (exact) mass is 417 g/mol. The first-order chi connectivity index (χ1) is 14.2. The van der Waals surface area contributed by atoms with Gasteiger partial charge in [0.1, 0.15) is 23.2 Å². The van der Waals surface area contributed by atoms with Crippen LogP contribution in [0.15, 0.2) is 42.5 Å². The number of aryl methyl sites for hydroxylation is 1. The zero-order valence-corrected chi connectivity index (χ0v) is 15.5. The maximum absolute atomic E-state index is 13.8. The van der Waals surface area contributed by atoms with Crippen LogP contribution in [-0.2, 0) is 0 Å². The van der Waals surface area contributed by atoms with Crippen molar-refractivity contribution in [1.29, 1.82) is 0 Å². The van der Waals surface area contributed by atoms with Crippen LogP contribution in [0.1, 0.15) is 5.82 Å². The van der Waals surface area contributed by atoms with E-state index in [9.17, 15) is 17.6 Å². The molecule has 2 heterocycles. The van der Waals surface area contributed by atoms with E-state index in [0.29, 0.717) is 22.5 Å². The Morgan fingerprint density at radius 3 is 2.27 bits per heavy atom. The number of fused-ring (bicyclic) bond motifs is 1. The molecule has 0 amide bonds. The van der Waals surface area contributed by atoms with Crippen molar-refractivity contribution >= 4 is 22.5 Å². The van der Waals surface area contributed by atoms with E-state index >= 15 is 0 Å². The molecule has 4 aromatic rings. The van der Waals surface area contributed by atoms with Gasteiger partial charge in [-0.15, -0.1) is 0 Å². The summed E-state index contributed by atoms with van der Waals surface area (Å²) in [6, 6.07) is 9.31. The van der Waals surface area contributed by atoms with Crippen molar-refractivity contribution in [3.63, 3.8) is 0 Å². The normalized spacial score (nSPS) is 11.4. The molecular weight excluding hydrogens is 402 g/mol. The Hall–Kier alpha value is -3.82. The highest BCUT2D eigenvalue weighted by Crippen LogP contribution is 2.34. The van der Waals surface area contributed by atoms with Crippen LogP contribution in [0.25, 0.3) is 28.0 Å². The molecule has 4 N–H and O–H groups in total. The number of hydrogen-bond donors (Lipinski definition) is 2. The van der Waals surface area contributed by atoms with Gasteiger partial charge in [-0.3, -0.25) is 4.57 Å². The van der Waals surface area contributed by atoms with Crippen molar-refractivity contribution in [3.8, 4) is 22.7 Å². The largest absolute Gasteiger partial charge is 0.435 e. The van der Waals surface area contributed by atoms with E-state index in [2.05, 4.69) is 14.7 Å². The number of ether oxygens (including phenoxy) is 1. The highest BCUT2D eigenvalue weighted by atomic mass is 19.3. The number of nitrogens with two attached hydrogens (primary N) is 2. The first-order valence-electron chi connectivity index (χ1n) is 8.70. The highest BCUT2D eigenvalue weighted by molar-refractivity contribution is 5.86. The van der Waals surface area contributed by atoms with Gasteiger partial charge in [-0.2, -0.15) is 8.78 Å². The van der Waals surface area contributed by atoms with Gasteiger partial charge in [0.05, 0.1) is 11.0 Å². The molecule has 0 aliphatic carbocycles. The van der Waals surface area contributed by atoms with E-state index in [4.69, 9.17) is 11.5 Å². The molecule has 2 aromatic heterocycles. The molecule has 4 rings (SSSR count). The van der Waals surface area contributed by atoms with Crippen LogP contribution in [0, 0.1) is 18.6 Å². The summed E-state index contributed by atoms with van der Waals surface area (Å²) >= 11 is 0. The maximum Gasteiger partial charge on any atom is 0.387 e. The van der Waals surface area contributed by atoms with Gasteiger partial charge in [0.25, 0.3) is 0 Å². The van der Waals surface area contributed by atoms with E-state index < -0.39 is 18.2 Å². The number of rotatable bonds is 4. The Bertz CT molecular complexity index is 1230. The number of halogens is 4. The first kappa shape index (κ1) is 19.5. The average molecular weight is 417 g/mol. The van der Waals surface area contributed by atoms with Gasteiger partial charge in [-0.25, -0.2) is 18.7 Å². The lowest BCUT2D eigenvalue weighted by molar-refractivity contribution is -0.0498. The van der Waals surface area contributed by atoms with Gasteiger partial charge in [0.15, 0.2) is 11.6 Å². The molecule has 0 radical (unpaired) electrons. The van der Waals surface area contributed by atoms with Crippen LogP contribution in [0.3, 0.4) is 0 Å². The Morgan fingerprint density at radius 2 is 1.63 bits per heavy atom. The van der Waals surface area contributed by atoms with Crippen LogP contribution in [-0.4, -0.2) is 21.1 Å². The minimum atomic E-state index is -2.93. The summed E-state index contributed by atoms with van der Waals surface area (Å²) in [5.41, 5.74) is 14.1. The highest BCUT2D eigenvalue weighted by Gasteiger charge is 2.17. The lowest BCUT2D eigenvalue weighted by Gasteiger charge is -2.14. The van der Waals surface area contributed by atoms with Gasteiger partial charge in [-0.05, 0) is 24.6 Å². The molecule has 0 fully saturated rings. The maximum atomic E-state index is 13.8. The van der Waals surface area contributed by atoms with Crippen molar-refractivity contribution < 1.29 is 22.3 Å². The summed E-state index contributed by atoms with van der Waals surface area (Å²) in [6.07, 6.45) is 0. The standard InChI is InChI=1S/C20H15F4N5O/c1-9-27-15-6-12(21)13(22)7-16(15)29(9)17-8-14(25)18(19(26)28-17)10-2-4-11(5-3-10)30-20(23)24/h2-8,20H,1H3,(H4,25,26,28). The molecule has 0 atom stereocenters. The molecule has 30 heavy (non-hydrogen) atoms. The number of imidazole rings is 1. The smallest absolute Gasteiger partial charge is 0.387 e. The Morgan fingerprint density at radius 1 is 0.967 bits per heavy atom. The molecule has 0 saturated carbocycles. The zero-order valence-electron chi connectivity index (χ0n) is 15.5. The zero-order chi connectivity index (χ0) is 21.6. The average Bonchev–Trinajstić information content (AvgIpc) is 2.97. The topological polar surface area (TPSA) is 92.0 Å². The number of benzene rings is 2. The molecule has 2 aromatic carbocycles. The first-order valence-corrected chi connectivity index (χ1v) is 8.70. The third kappa shape index (κ3) is 3.36. The lowest BCUT2D eigenvalue weighted by atomic mass is 10.0. The van der Waals surface area contributed by atoms with Crippen molar-refractivity contribution in [3.05, 3.63) is 59.9 Å². The van der Waals surface area contributed by atoms with E-state index in [-0.39, 0.29) is 28.6 Å². The predicted octanol–water partition coefficient (Wildman–Crippen LogP) is 4.44. The second-order valence-electron chi connectivity index (χ2n) is 6.48. The second kappa shape index (κ2) is 7.21. The van der Waals surface area contributed by atoms with Gasteiger partial charge >= 0.3 is 6.61 Å². The number of alkyl halides is 2. The van der Waals surface area contributed by atoms with Crippen molar-refractivity contribution in [1.82, 2.24) is 14.5 Å². The summed E-state index contributed by atoms with van der Waals surface area (Å²) in [4.78, 5) is 8.56. The third-order valence-electron chi connectivity index (χ3n) is 4.53. The Labute approximate surface area is 167 Å². The summed E-state index contributed by atoms with van der Waals surface area (Å²) in [7, 11) is 0. The predicted molar refractivity (Wildman–Crippen MR) is 104 cm³/mol. The van der Waals surface area contributed by atoms with Crippen LogP contribution in [0.4, 0.5) is 29.1 Å². The summed E-state index contributed by atoms with van der Waals surface area (Å²) in [5.74, 6) is -1.26. The number of nitrogen functional groups attached to an aromatic ring is 2. The van der Waals surface area contributed by atoms with Crippen LogP contribution in [0.5, 0.6) is 5.75 Å². The number of aromatic nitrogens is 3. The molecule has 10 heteroatoms. The minimum Gasteiger partial charge on any atom is -0.435 e. The molecule has 6 nitrogen and oxygen atoms in total. The fourth-order valence-corrected chi connectivity index (χ4v) is 3.29. The molecule has 0 aliphatic heterocycles. The fourth-order valence-electron chi connectivity index (χ4n) is 3.29. The van der Waals surface area contributed by atoms with Gasteiger partial charge in [0.2, 0.25) is 0 Å².